The summed E-state index contributed by atoms with van der Waals surface area (Å²) in [6.45, 7) is 10.2. The second-order valence-corrected chi connectivity index (χ2v) is 12.5. The largest absolute Gasteiger partial charge is 0.493 e. The quantitative estimate of drug-likeness (QED) is 0.227. The molecule has 2 aromatic rings. The number of likely N-dealkylation sites (tertiary alicyclic amines) is 2. The van der Waals surface area contributed by atoms with Crippen LogP contribution in [0.4, 0.5) is 0 Å². The predicted octanol–water partition coefficient (Wildman–Crippen LogP) is 7.93. The van der Waals surface area contributed by atoms with Gasteiger partial charge >= 0.3 is 0 Å². The van der Waals surface area contributed by atoms with Gasteiger partial charge in [-0.25, -0.2) is 0 Å². The monoisotopic (exact) mass is 576 g/mol. The van der Waals surface area contributed by atoms with Gasteiger partial charge in [-0.3, -0.25) is 4.79 Å². The zero-order valence-corrected chi connectivity index (χ0v) is 26.8. The fourth-order valence-electron chi connectivity index (χ4n) is 6.14. The van der Waals surface area contributed by atoms with Gasteiger partial charge in [-0.2, -0.15) is 0 Å². The number of rotatable bonds is 13. The van der Waals surface area contributed by atoms with Crippen LogP contribution in [0.5, 0.6) is 11.5 Å². The van der Waals surface area contributed by atoms with E-state index in [1.54, 1.807) is 7.11 Å². The van der Waals surface area contributed by atoms with Crippen molar-refractivity contribution < 1.29 is 18.7 Å². The van der Waals surface area contributed by atoms with E-state index >= 15 is 0 Å². The van der Waals surface area contributed by atoms with Gasteiger partial charge in [0.05, 0.1) is 13.7 Å². The van der Waals surface area contributed by atoms with E-state index in [4.69, 9.17) is 13.9 Å². The first-order valence-electron chi connectivity index (χ1n) is 16.0. The van der Waals surface area contributed by atoms with Crippen molar-refractivity contribution >= 4 is 17.1 Å². The molecular formula is C36H52N2O4. The lowest BCUT2D eigenvalue weighted by Crippen LogP contribution is -2.35. The fraction of sp³-hybridized carbons (Fsp3) is 0.583. The minimum atomic E-state index is 0.274. The Morgan fingerprint density at radius 2 is 1.81 bits per heavy atom. The zero-order chi connectivity index (χ0) is 30.1. The van der Waals surface area contributed by atoms with Crippen LogP contribution in [0, 0.1) is 25.7 Å². The van der Waals surface area contributed by atoms with Gasteiger partial charge in [0, 0.05) is 25.6 Å². The molecule has 0 saturated carbocycles. The van der Waals surface area contributed by atoms with Gasteiger partial charge in [-0.05, 0) is 138 Å². The number of piperidine rings is 2. The molecule has 2 aliphatic rings. The summed E-state index contributed by atoms with van der Waals surface area (Å²) in [5, 5.41) is 0. The number of carbonyl (C=O) groups is 1. The van der Waals surface area contributed by atoms with Crippen molar-refractivity contribution in [2.75, 3.05) is 47.4 Å². The molecule has 1 amide bonds. The van der Waals surface area contributed by atoms with Crippen LogP contribution in [-0.2, 0) is 4.79 Å². The molecule has 0 spiro atoms. The Bertz CT molecular complexity index is 1240. The molecule has 230 valence electrons. The summed E-state index contributed by atoms with van der Waals surface area (Å²) in [6, 6.07) is 8.42. The summed E-state index contributed by atoms with van der Waals surface area (Å²) < 4.78 is 18.4. The first-order valence-corrected chi connectivity index (χ1v) is 16.0. The number of ether oxygens (including phenoxy) is 2. The summed E-state index contributed by atoms with van der Waals surface area (Å²) >= 11 is 0. The number of carbonyl (C=O) groups excluding carboxylic acids is 1. The summed E-state index contributed by atoms with van der Waals surface area (Å²) in [5.41, 5.74) is 4.75. The Morgan fingerprint density at radius 1 is 1.05 bits per heavy atom. The van der Waals surface area contributed by atoms with Crippen molar-refractivity contribution in [3.8, 4) is 11.5 Å². The lowest BCUT2D eigenvalue weighted by atomic mass is 9.88. The molecule has 0 radical (unpaired) electrons. The van der Waals surface area contributed by atoms with Crippen LogP contribution in [0.15, 0.2) is 40.8 Å². The third-order valence-electron chi connectivity index (χ3n) is 9.00. The van der Waals surface area contributed by atoms with Crippen molar-refractivity contribution in [2.24, 2.45) is 11.8 Å². The summed E-state index contributed by atoms with van der Waals surface area (Å²) in [5.74, 6) is 4.74. The maximum atomic E-state index is 12.3. The van der Waals surface area contributed by atoms with Crippen LogP contribution in [0.1, 0.15) is 87.4 Å². The van der Waals surface area contributed by atoms with Crippen molar-refractivity contribution in [2.45, 2.75) is 78.6 Å². The van der Waals surface area contributed by atoms with Crippen LogP contribution in [-0.4, -0.2) is 63.2 Å². The Balaban J connectivity index is 1.59. The molecule has 1 atom stereocenters. The van der Waals surface area contributed by atoms with Gasteiger partial charge < -0.3 is 23.7 Å². The van der Waals surface area contributed by atoms with E-state index in [0.717, 1.165) is 93.4 Å². The zero-order valence-electron chi connectivity index (χ0n) is 26.8. The van der Waals surface area contributed by atoms with Crippen LogP contribution >= 0.6 is 0 Å². The van der Waals surface area contributed by atoms with Gasteiger partial charge in [0.25, 0.3) is 0 Å². The molecule has 6 heteroatoms. The Morgan fingerprint density at radius 3 is 2.48 bits per heavy atom. The summed E-state index contributed by atoms with van der Waals surface area (Å²) in [6.07, 6.45) is 13.8. The second kappa shape index (κ2) is 15.5. The predicted molar refractivity (Wildman–Crippen MR) is 172 cm³/mol. The highest BCUT2D eigenvalue weighted by molar-refractivity contribution is 5.84. The minimum Gasteiger partial charge on any atom is -0.493 e. The number of furan rings is 1. The number of allylic oxidation sites excluding steroid dienone is 4. The Labute approximate surface area is 253 Å². The van der Waals surface area contributed by atoms with Gasteiger partial charge in [-0.1, -0.05) is 19.4 Å². The molecule has 2 aliphatic heterocycles. The lowest BCUT2D eigenvalue weighted by molar-refractivity contribution is -0.133. The van der Waals surface area contributed by atoms with Gasteiger partial charge in [0.15, 0.2) is 11.5 Å². The summed E-state index contributed by atoms with van der Waals surface area (Å²) in [7, 11) is 5.84. The maximum absolute atomic E-state index is 12.3. The van der Waals surface area contributed by atoms with E-state index in [2.05, 4.69) is 56.1 Å². The molecule has 4 rings (SSSR count). The van der Waals surface area contributed by atoms with Crippen molar-refractivity contribution in [3.05, 3.63) is 59.1 Å². The van der Waals surface area contributed by atoms with E-state index < -0.39 is 0 Å². The van der Waals surface area contributed by atoms with Gasteiger partial charge in [0.1, 0.15) is 11.5 Å². The van der Waals surface area contributed by atoms with E-state index in [9.17, 15) is 4.79 Å². The van der Waals surface area contributed by atoms with Gasteiger partial charge in [-0.15, -0.1) is 0 Å². The van der Waals surface area contributed by atoms with E-state index in [0.29, 0.717) is 18.3 Å². The number of methoxy groups -OCH3 is 1. The molecule has 6 nitrogen and oxygen atoms in total. The minimum absolute atomic E-state index is 0.274. The normalized spacial score (nSPS) is 19.4. The fourth-order valence-corrected chi connectivity index (χ4v) is 6.14. The van der Waals surface area contributed by atoms with Crippen LogP contribution in [0.3, 0.4) is 0 Å². The number of amides is 1. The molecule has 2 fully saturated rings. The van der Waals surface area contributed by atoms with Crippen molar-refractivity contribution in [1.29, 1.82) is 0 Å². The molecule has 0 aliphatic carbocycles. The molecule has 42 heavy (non-hydrogen) atoms. The van der Waals surface area contributed by atoms with E-state index in [-0.39, 0.29) is 5.91 Å². The Hall–Kier alpha value is -2.99. The first kappa shape index (κ1) is 31.9. The number of nitrogens with zero attached hydrogens (tertiary/aromatic N) is 2. The standard InChI is InChI=1S/C36H52N2O4/c1-7-8-11-31(33-14-13-27(3)42-33)23-30(12-9-10-28-17-20-38(5)36(39)22-28)32-24-34(40-6)35(21-26(32)2)41-25-29-15-18-37(4)19-16-29/h11,13-14,21,23-24,28-29H,7-10,12,15-20,22,25H2,1-6H3/b30-23-,31-11-. The number of benzene rings is 1. The second-order valence-electron chi connectivity index (χ2n) is 12.5. The van der Waals surface area contributed by atoms with E-state index in [1.165, 1.54) is 29.5 Å². The average molecular weight is 577 g/mol. The summed E-state index contributed by atoms with van der Waals surface area (Å²) in [4.78, 5) is 16.6. The average Bonchev–Trinajstić information content (AvgIpc) is 3.42. The number of hydrogen-bond donors (Lipinski definition) is 0. The molecule has 0 bridgehead atoms. The third-order valence-corrected chi connectivity index (χ3v) is 9.00. The highest BCUT2D eigenvalue weighted by Crippen LogP contribution is 2.38. The van der Waals surface area contributed by atoms with Crippen LogP contribution in [0.2, 0.25) is 0 Å². The smallest absolute Gasteiger partial charge is 0.222 e. The number of hydrogen-bond acceptors (Lipinski definition) is 5. The Kier molecular flexibility index (Phi) is 11.8. The molecule has 1 aromatic carbocycles. The SMILES string of the molecule is CCC/C=C(/C=C(/CCCC1CCN(C)C(=O)C1)c1cc(OC)c(OCC2CCN(C)CC2)cc1C)c1ccc(C)o1. The topological polar surface area (TPSA) is 55.2 Å². The molecule has 0 N–H and O–H groups in total. The van der Waals surface area contributed by atoms with Crippen molar-refractivity contribution in [3.63, 3.8) is 0 Å². The number of aryl methyl sites for hydroxylation is 2. The van der Waals surface area contributed by atoms with E-state index in [1.807, 2.05) is 24.9 Å². The number of unbranched alkanes of at least 4 members (excludes halogenated alkanes) is 1. The molecule has 3 heterocycles. The van der Waals surface area contributed by atoms with Gasteiger partial charge in [0.2, 0.25) is 5.91 Å². The first-order chi connectivity index (χ1) is 20.3. The molecule has 2 saturated heterocycles. The third kappa shape index (κ3) is 8.76. The van der Waals surface area contributed by atoms with Crippen LogP contribution < -0.4 is 9.47 Å². The highest BCUT2D eigenvalue weighted by Gasteiger charge is 2.23. The molecule has 1 unspecified atom stereocenters. The van der Waals surface area contributed by atoms with Crippen molar-refractivity contribution in [1.82, 2.24) is 9.80 Å². The molecule has 1 aromatic heterocycles. The maximum Gasteiger partial charge on any atom is 0.222 e. The van der Waals surface area contributed by atoms with Crippen LogP contribution in [0.25, 0.3) is 11.1 Å². The highest BCUT2D eigenvalue weighted by atomic mass is 16.5. The lowest BCUT2D eigenvalue weighted by Gasteiger charge is -2.29. The molecular weight excluding hydrogens is 524 g/mol.